The van der Waals surface area contributed by atoms with Crippen LogP contribution in [0.4, 0.5) is 0 Å². The fourth-order valence-corrected chi connectivity index (χ4v) is 4.08. The van der Waals surface area contributed by atoms with Gasteiger partial charge in [0.05, 0.1) is 11.6 Å². The van der Waals surface area contributed by atoms with Crippen LogP contribution in [0, 0.1) is 6.92 Å². The number of rotatable bonds is 5. The molecule has 0 spiro atoms. The van der Waals surface area contributed by atoms with Crippen molar-refractivity contribution < 1.29 is 4.52 Å². The van der Waals surface area contributed by atoms with E-state index in [4.69, 9.17) is 33.3 Å². The highest BCUT2D eigenvalue weighted by Crippen LogP contribution is 2.37. The minimum absolute atomic E-state index is 0.162. The van der Waals surface area contributed by atoms with E-state index < -0.39 is 0 Å². The molecule has 0 fully saturated rings. The lowest BCUT2D eigenvalue weighted by Gasteiger charge is -2.37. The van der Waals surface area contributed by atoms with Crippen molar-refractivity contribution in [3.63, 3.8) is 0 Å². The van der Waals surface area contributed by atoms with Gasteiger partial charge in [-0.25, -0.2) is 0 Å². The number of nitrogens with one attached hydrogen (secondary N) is 1. The van der Waals surface area contributed by atoms with Crippen molar-refractivity contribution in [2.24, 2.45) is 0 Å². The molecule has 1 unspecified atom stereocenters. The molecule has 0 amide bonds. The average molecular weight is 439 g/mol. The number of nitrogens with zero attached hydrogens (tertiary/aromatic N) is 3. The first-order valence-corrected chi connectivity index (χ1v) is 10.7. The maximum absolute atomic E-state index is 6.00. The smallest absolute Gasteiger partial charge is 0.258 e. The summed E-state index contributed by atoms with van der Waals surface area (Å²) < 4.78 is 5.73. The number of allylic oxidation sites excluding steroid dienone is 1. The Morgan fingerprint density at radius 2 is 1.80 bits per heavy atom. The first-order valence-electron chi connectivity index (χ1n) is 9.93. The van der Waals surface area contributed by atoms with Crippen LogP contribution in [0.25, 0.3) is 17.0 Å². The van der Waals surface area contributed by atoms with E-state index in [0.29, 0.717) is 21.9 Å². The van der Waals surface area contributed by atoms with Gasteiger partial charge in [-0.3, -0.25) is 0 Å². The molecule has 0 saturated heterocycles. The number of aromatic nitrogens is 2. The van der Waals surface area contributed by atoms with E-state index in [1.54, 1.807) is 0 Å². The quantitative estimate of drug-likeness (QED) is 0.510. The summed E-state index contributed by atoms with van der Waals surface area (Å²) in [5, 5.41) is 9.07. The molecule has 1 aliphatic heterocycles. The van der Waals surface area contributed by atoms with Gasteiger partial charge in [-0.1, -0.05) is 53.5 Å². The highest BCUT2D eigenvalue weighted by atomic mass is 35.5. The molecular formula is C23H23ClN4OS. The van der Waals surface area contributed by atoms with Crippen LogP contribution in [0.15, 0.2) is 58.8 Å². The van der Waals surface area contributed by atoms with Gasteiger partial charge in [0.15, 0.2) is 5.11 Å². The Kier molecular flexibility index (Phi) is 5.88. The maximum Gasteiger partial charge on any atom is 0.258 e. The van der Waals surface area contributed by atoms with Crippen molar-refractivity contribution >= 4 is 34.5 Å². The molecule has 5 nitrogen and oxygen atoms in total. The Balaban J connectivity index is 1.80. The standard InChI is InChI=1S/C23H23ClN4OS/c1-4-13-28-15(3)19(20(25-23(28)30)16-7-5-14(2)6-8-16)22-26-21(27-29-22)17-9-11-18(24)12-10-17/h5-12,20H,4,13H2,1-3H3,(H,25,30). The fraction of sp³-hybridized carbons (Fsp3) is 0.261. The van der Waals surface area contributed by atoms with Crippen molar-refractivity contribution in [2.45, 2.75) is 33.2 Å². The minimum atomic E-state index is -0.162. The lowest BCUT2D eigenvalue weighted by molar-refractivity contribution is 0.396. The summed E-state index contributed by atoms with van der Waals surface area (Å²) in [6, 6.07) is 15.6. The molecule has 0 radical (unpaired) electrons. The Labute approximate surface area is 186 Å². The highest BCUT2D eigenvalue weighted by molar-refractivity contribution is 7.80. The predicted octanol–water partition coefficient (Wildman–Crippen LogP) is 5.77. The third-order valence-corrected chi connectivity index (χ3v) is 5.80. The summed E-state index contributed by atoms with van der Waals surface area (Å²) in [4.78, 5) is 6.81. The molecule has 4 rings (SSSR count). The molecule has 1 aromatic heterocycles. The van der Waals surface area contributed by atoms with E-state index >= 15 is 0 Å². The topological polar surface area (TPSA) is 54.2 Å². The Morgan fingerprint density at radius 1 is 1.10 bits per heavy atom. The second-order valence-electron chi connectivity index (χ2n) is 7.37. The molecule has 1 aliphatic rings. The lowest BCUT2D eigenvalue weighted by atomic mass is 9.94. The van der Waals surface area contributed by atoms with Gasteiger partial charge in [-0.05, 0) is 62.3 Å². The molecule has 0 saturated carbocycles. The van der Waals surface area contributed by atoms with Gasteiger partial charge in [-0.2, -0.15) is 4.98 Å². The van der Waals surface area contributed by atoms with Gasteiger partial charge in [0.2, 0.25) is 5.82 Å². The van der Waals surface area contributed by atoms with E-state index in [1.165, 1.54) is 5.56 Å². The molecule has 3 aromatic rings. The van der Waals surface area contributed by atoms with Crippen molar-refractivity contribution in [2.75, 3.05) is 6.54 Å². The first kappa shape index (κ1) is 20.6. The predicted molar refractivity (Wildman–Crippen MR) is 124 cm³/mol. The highest BCUT2D eigenvalue weighted by Gasteiger charge is 2.33. The van der Waals surface area contributed by atoms with Gasteiger partial charge >= 0.3 is 0 Å². The van der Waals surface area contributed by atoms with E-state index in [9.17, 15) is 0 Å². The molecular weight excluding hydrogens is 416 g/mol. The Bertz CT molecular complexity index is 1090. The van der Waals surface area contributed by atoms with Crippen LogP contribution in [0.5, 0.6) is 0 Å². The summed E-state index contributed by atoms with van der Waals surface area (Å²) >= 11 is 11.7. The van der Waals surface area contributed by atoms with Gasteiger partial charge in [0, 0.05) is 22.8 Å². The molecule has 1 atom stereocenters. The molecule has 0 aliphatic carbocycles. The van der Waals surface area contributed by atoms with Crippen LogP contribution in [0.1, 0.15) is 43.3 Å². The Morgan fingerprint density at radius 3 is 2.47 bits per heavy atom. The molecule has 1 N–H and O–H groups in total. The lowest BCUT2D eigenvalue weighted by Crippen LogP contribution is -2.46. The number of halogens is 1. The van der Waals surface area contributed by atoms with Crippen LogP contribution in [-0.4, -0.2) is 26.7 Å². The molecule has 0 bridgehead atoms. The summed E-state index contributed by atoms with van der Waals surface area (Å²) in [6.07, 6.45) is 0.974. The number of hydrogen-bond acceptors (Lipinski definition) is 4. The molecule has 7 heteroatoms. The van der Waals surface area contributed by atoms with Crippen LogP contribution in [-0.2, 0) is 0 Å². The van der Waals surface area contributed by atoms with Crippen molar-refractivity contribution in [1.82, 2.24) is 20.4 Å². The zero-order valence-electron chi connectivity index (χ0n) is 17.1. The number of hydrogen-bond donors (Lipinski definition) is 1. The molecule has 2 heterocycles. The van der Waals surface area contributed by atoms with Crippen molar-refractivity contribution in [1.29, 1.82) is 0 Å². The molecule has 30 heavy (non-hydrogen) atoms. The molecule has 2 aromatic carbocycles. The maximum atomic E-state index is 6.00. The first-order chi connectivity index (χ1) is 14.5. The second-order valence-corrected chi connectivity index (χ2v) is 8.20. The summed E-state index contributed by atoms with van der Waals surface area (Å²) in [5.41, 5.74) is 5.12. The largest absolute Gasteiger partial charge is 0.351 e. The van der Waals surface area contributed by atoms with Crippen LogP contribution in [0.2, 0.25) is 5.02 Å². The van der Waals surface area contributed by atoms with E-state index in [0.717, 1.165) is 35.4 Å². The summed E-state index contributed by atoms with van der Waals surface area (Å²) in [7, 11) is 0. The van der Waals surface area contributed by atoms with Crippen LogP contribution < -0.4 is 5.32 Å². The number of benzene rings is 2. The zero-order chi connectivity index (χ0) is 21.3. The monoisotopic (exact) mass is 438 g/mol. The average Bonchev–Trinajstić information content (AvgIpc) is 3.21. The van der Waals surface area contributed by atoms with Gasteiger partial charge in [0.25, 0.3) is 5.89 Å². The second kappa shape index (κ2) is 8.58. The number of thiocarbonyl (C=S) groups is 1. The van der Waals surface area contributed by atoms with Gasteiger partial charge in [0.1, 0.15) is 0 Å². The van der Waals surface area contributed by atoms with Crippen LogP contribution in [0.3, 0.4) is 0 Å². The van der Waals surface area contributed by atoms with Crippen LogP contribution >= 0.6 is 23.8 Å². The van der Waals surface area contributed by atoms with Crippen molar-refractivity contribution in [3.8, 4) is 11.4 Å². The normalized spacial score (nSPS) is 16.7. The minimum Gasteiger partial charge on any atom is -0.351 e. The van der Waals surface area contributed by atoms with E-state index in [-0.39, 0.29) is 6.04 Å². The molecule has 154 valence electrons. The van der Waals surface area contributed by atoms with E-state index in [2.05, 4.69) is 60.4 Å². The van der Waals surface area contributed by atoms with Crippen molar-refractivity contribution in [3.05, 3.63) is 76.3 Å². The SMILES string of the molecule is CCCN1C(=S)NC(c2ccc(C)cc2)C(c2nc(-c3ccc(Cl)cc3)no2)=C1C. The van der Waals surface area contributed by atoms with Gasteiger partial charge in [-0.15, -0.1) is 0 Å². The third kappa shape index (κ3) is 3.98. The summed E-state index contributed by atoms with van der Waals surface area (Å²) in [6.45, 7) is 7.09. The fourth-order valence-electron chi connectivity index (χ4n) is 3.61. The summed E-state index contributed by atoms with van der Waals surface area (Å²) in [5.74, 6) is 1.01. The Hall–Kier alpha value is -2.70. The van der Waals surface area contributed by atoms with E-state index in [1.807, 2.05) is 24.3 Å². The van der Waals surface area contributed by atoms with Gasteiger partial charge < -0.3 is 14.7 Å². The zero-order valence-corrected chi connectivity index (χ0v) is 18.7. The third-order valence-electron chi connectivity index (χ3n) is 5.21. The number of aryl methyl sites for hydroxylation is 1.